The maximum Gasteiger partial charge on any atom is 0.180 e. The number of pyridine rings is 1. The van der Waals surface area contributed by atoms with Gasteiger partial charge in [0.05, 0.1) is 5.56 Å². The van der Waals surface area contributed by atoms with Gasteiger partial charge in [-0.2, -0.15) is 0 Å². The molecule has 3 aromatic heterocycles. The van der Waals surface area contributed by atoms with E-state index < -0.39 is 0 Å². The number of fused-ring (bicyclic) bond motifs is 3. The van der Waals surface area contributed by atoms with E-state index in [4.69, 9.17) is 19.4 Å². The number of phenols is 1. The van der Waals surface area contributed by atoms with Crippen LogP contribution in [0.2, 0.25) is 0 Å². The highest BCUT2D eigenvalue weighted by molar-refractivity contribution is 6.07. The molecule has 0 unspecified atom stereocenters. The molecule has 1 N–H and O–H groups in total. The molecule has 0 amide bonds. The van der Waals surface area contributed by atoms with Crippen molar-refractivity contribution in [3.8, 4) is 39.5 Å². The SMILES string of the molecule is Oc1ccccc1-c1nc(-c2cccc(N(c3ccc(-c4ccccc4)cc3)c3ccccn3)c2)c2oc3ccccc3c2n1. The molecule has 8 aromatic rings. The van der Waals surface area contributed by atoms with Crippen molar-refractivity contribution in [3.63, 3.8) is 0 Å². The minimum absolute atomic E-state index is 0.115. The Labute approximate surface area is 259 Å². The minimum atomic E-state index is 0.115. The van der Waals surface area contributed by atoms with E-state index in [0.29, 0.717) is 28.2 Å². The summed E-state index contributed by atoms with van der Waals surface area (Å²) in [5.41, 5.74) is 8.21. The van der Waals surface area contributed by atoms with Crippen LogP contribution in [0.5, 0.6) is 5.75 Å². The van der Waals surface area contributed by atoms with Crippen molar-refractivity contribution in [2.45, 2.75) is 0 Å². The number of anilines is 3. The average molecular weight is 583 g/mol. The van der Waals surface area contributed by atoms with E-state index in [1.807, 2.05) is 84.9 Å². The molecule has 6 heteroatoms. The van der Waals surface area contributed by atoms with Gasteiger partial charge in [-0.3, -0.25) is 4.90 Å². The average Bonchev–Trinajstić information content (AvgIpc) is 3.48. The second-order valence-electron chi connectivity index (χ2n) is 10.7. The fourth-order valence-electron chi connectivity index (χ4n) is 5.70. The van der Waals surface area contributed by atoms with Crippen LogP contribution < -0.4 is 4.90 Å². The Morgan fingerprint density at radius 1 is 0.578 bits per heavy atom. The van der Waals surface area contributed by atoms with E-state index in [1.54, 1.807) is 18.3 Å². The number of furan rings is 1. The number of aromatic hydroxyl groups is 1. The summed E-state index contributed by atoms with van der Waals surface area (Å²) in [5.74, 6) is 1.32. The predicted molar refractivity (Wildman–Crippen MR) is 180 cm³/mol. The number of hydrogen-bond donors (Lipinski definition) is 1. The molecule has 0 saturated heterocycles. The molecule has 0 aliphatic heterocycles. The molecule has 8 rings (SSSR count). The summed E-state index contributed by atoms with van der Waals surface area (Å²) in [6.07, 6.45) is 1.80. The van der Waals surface area contributed by atoms with Crippen LogP contribution in [-0.2, 0) is 0 Å². The van der Waals surface area contributed by atoms with Crippen LogP contribution in [-0.4, -0.2) is 20.1 Å². The third-order valence-electron chi connectivity index (χ3n) is 7.85. The van der Waals surface area contributed by atoms with E-state index in [-0.39, 0.29) is 5.75 Å². The Morgan fingerprint density at radius 2 is 1.31 bits per heavy atom. The summed E-state index contributed by atoms with van der Waals surface area (Å²) in [6.45, 7) is 0. The molecule has 45 heavy (non-hydrogen) atoms. The number of phenolic OH excluding ortho intramolecular Hbond substituents is 1. The van der Waals surface area contributed by atoms with Gasteiger partial charge in [-0.05, 0) is 71.8 Å². The number of para-hydroxylation sites is 2. The summed E-state index contributed by atoms with van der Waals surface area (Å²) in [7, 11) is 0. The van der Waals surface area contributed by atoms with Crippen molar-refractivity contribution in [2.75, 3.05) is 4.90 Å². The van der Waals surface area contributed by atoms with Crippen LogP contribution in [0.3, 0.4) is 0 Å². The lowest BCUT2D eigenvalue weighted by atomic mass is 10.0. The predicted octanol–water partition coefficient (Wildman–Crippen LogP) is 9.95. The van der Waals surface area contributed by atoms with Crippen molar-refractivity contribution in [1.29, 1.82) is 0 Å². The molecule has 3 heterocycles. The van der Waals surface area contributed by atoms with E-state index in [1.165, 1.54) is 0 Å². The van der Waals surface area contributed by atoms with Gasteiger partial charge in [0.1, 0.15) is 28.4 Å². The van der Waals surface area contributed by atoms with Crippen molar-refractivity contribution in [1.82, 2.24) is 15.0 Å². The van der Waals surface area contributed by atoms with Crippen LogP contribution in [0.1, 0.15) is 0 Å². The molecule has 0 saturated carbocycles. The highest BCUT2D eigenvalue weighted by Crippen LogP contribution is 2.40. The Kier molecular flexibility index (Phi) is 6.50. The Bertz CT molecular complexity index is 2280. The molecule has 0 aliphatic rings. The van der Waals surface area contributed by atoms with Gasteiger partial charge < -0.3 is 9.52 Å². The largest absolute Gasteiger partial charge is 0.507 e. The number of aromatic nitrogens is 3. The van der Waals surface area contributed by atoms with Crippen LogP contribution >= 0.6 is 0 Å². The smallest absolute Gasteiger partial charge is 0.180 e. The summed E-state index contributed by atoms with van der Waals surface area (Å²) < 4.78 is 6.37. The van der Waals surface area contributed by atoms with E-state index in [2.05, 4.69) is 53.4 Å². The van der Waals surface area contributed by atoms with Gasteiger partial charge in [-0.15, -0.1) is 0 Å². The third-order valence-corrected chi connectivity index (χ3v) is 7.85. The monoisotopic (exact) mass is 582 g/mol. The Hall–Kier alpha value is -6.27. The number of benzene rings is 5. The lowest BCUT2D eigenvalue weighted by Gasteiger charge is -2.25. The molecular weight excluding hydrogens is 556 g/mol. The first-order valence-corrected chi connectivity index (χ1v) is 14.7. The second kappa shape index (κ2) is 11.1. The van der Waals surface area contributed by atoms with Crippen molar-refractivity contribution in [3.05, 3.63) is 152 Å². The zero-order valence-corrected chi connectivity index (χ0v) is 24.1. The highest BCUT2D eigenvalue weighted by Gasteiger charge is 2.21. The summed E-state index contributed by atoms with van der Waals surface area (Å²) >= 11 is 0. The normalized spacial score (nSPS) is 11.2. The molecule has 0 radical (unpaired) electrons. The molecule has 0 aliphatic carbocycles. The molecule has 0 atom stereocenters. The fourth-order valence-corrected chi connectivity index (χ4v) is 5.70. The van der Waals surface area contributed by atoms with Gasteiger partial charge in [0, 0.05) is 28.5 Å². The molecule has 214 valence electrons. The zero-order chi connectivity index (χ0) is 30.2. The van der Waals surface area contributed by atoms with Gasteiger partial charge in [0.15, 0.2) is 11.4 Å². The number of nitrogens with zero attached hydrogens (tertiary/aromatic N) is 4. The van der Waals surface area contributed by atoms with Crippen LogP contribution in [0.4, 0.5) is 17.2 Å². The lowest BCUT2D eigenvalue weighted by Crippen LogP contribution is -2.11. The van der Waals surface area contributed by atoms with Gasteiger partial charge >= 0.3 is 0 Å². The van der Waals surface area contributed by atoms with Crippen molar-refractivity contribution in [2.24, 2.45) is 0 Å². The van der Waals surface area contributed by atoms with Crippen LogP contribution in [0.25, 0.3) is 55.8 Å². The molecule has 6 nitrogen and oxygen atoms in total. The number of rotatable bonds is 6. The topological polar surface area (TPSA) is 75.3 Å². The third kappa shape index (κ3) is 4.84. The van der Waals surface area contributed by atoms with Gasteiger partial charge in [0.25, 0.3) is 0 Å². The first-order valence-electron chi connectivity index (χ1n) is 14.7. The molecular formula is C39H26N4O2. The van der Waals surface area contributed by atoms with E-state index >= 15 is 0 Å². The molecule has 0 spiro atoms. The van der Waals surface area contributed by atoms with Crippen LogP contribution in [0, 0.1) is 0 Å². The van der Waals surface area contributed by atoms with Crippen molar-refractivity contribution < 1.29 is 9.52 Å². The van der Waals surface area contributed by atoms with Gasteiger partial charge in [-0.1, -0.05) is 84.9 Å². The highest BCUT2D eigenvalue weighted by atomic mass is 16.3. The number of hydrogen-bond acceptors (Lipinski definition) is 6. The Balaban J connectivity index is 1.30. The Morgan fingerprint density at radius 3 is 2.13 bits per heavy atom. The maximum atomic E-state index is 10.7. The minimum Gasteiger partial charge on any atom is -0.507 e. The first kappa shape index (κ1) is 26.4. The quantitative estimate of drug-likeness (QED) is 0.210. The molecule has 5 aromatic carbocycles. The van der Waals surface area contributed by atoms with E-state index in [9.17, 15) is 5.11 Å². The summed E-state index contributed by atoms with van der Waals surface area (Å²) in [5, 5.41) is 11.6. The lowest BCUT2D eigenvalue weighted by molar-refractivity contribution is 0.477. The van der Waals surface area contributed by atoms with Gasteiger partial charge in [0.2, 0.25) is 0 Å². The first-order chi connectivity index (χ1) is 22.2. The van der Waals surface area contributed by atoms with Crippen LogP contribution in [0.15, 0.2) is 156 Å². The summed E-state index contributed by atoms with van der Waals surface area (Å²) in [6, 6.07) is 47.8. The van der Waals surface area contributed by atoms with Crippen molar-refractivity contribution >= 4 is 39.3 Å². The second-order valence-corrected chi connectivity index (χ2v) is 10.7. The standard InChI is InChI=1S/C39H26N4O2/c44-33-17-6-4-15-31(33)39-41-36(38-37(42-39)32-16-5-7-18-34(32)45-38)28-13-10-14-30(25-28)43(35-19-8-9-24-40-35)29-22-20-27(21-23-29)26-11-2-1-3-12-26/h1-25,44H. The molecule has 0 fully saturated rings. The van der Waals surface area contributed by atoms with Gasteiger partial charge in [-0.25, -0.2) is 15.0 Å². The maximum absolute atomic E-state index is 10.7. The fraction of sp³-hybridized carbons (Fsp3) is 0. The summed E-state index contributed by atoms with van der Waals surface area (Å²) in [4.78, 5) is 16.7. The van der Waals surface area contributed by atoms with E-state index in [0.717, 1.165) is 44.9 Å². The zero-order valence-electron chi connectivity index (χ0n) is 24.1. The molecule has 0 bridgehead atoms.